The number of ether oxygens (including phenoxy) is 3. The highest BCUT2D eigenvalue weighted by Gasteiger charge is 2.20. The van der Waals surface area contributed by atoms with E-state index in [1.807, 2.05) is 18.2 Å². The number of nitrogens with one attached hydrogen (secondary N) is 1. The normalized spacial score (nSPS) is 13.7. The molecule has 0 saturated heterocycles. The Labute approximate surface area is 156 Å². The van der Waals surface area contributed by atoms with Gasteiger partial charge in [0.1, 0.15) is 0 Å². The van der Waals surface area contributed by atoms with E-state index in [-0.39, 0.29) is 11.5 Å². The fraction of sp³-hybridized carbons (Fsp3) is 0.316. The first-order valence-corrected chi connectivity index (χ1v) is 8.47. The van der Waals surface area contributed by atoms with E-state index in [0.29, 0.717) is 30.3 Å². The van der Waals surface area contributed by atoms with E-state index in [9.17, 15) is 9.90 Å². The predicted octanol–water partition coefficient (Wildman–Crippen LogP) is 2.45. The number of esters is 1. The lowest BCUT2D eigenvalue weighted by molar-refractivity contribution is 0.0594. The SMILES string of the molecule is COC(=O)c1nc(C)cnc1Nc1cccc(C2=CCOCC2)c1OCO. The van der Waals surface area contributed by atoms with Crippen LogP contribution >= 0.6 is 0 Å². The first kappa shape index (κ1) is 18.8. The van der Waals surface area contributed by atoms with Crippen molar-refractivity contribution in [1.29, 1.82) is 0 Å². The summed E-state index contributed by atoms with van der Waals surface area (Å²) in [6.45, 7) is 2.40. The monoisotopic (exact) mass is 371 g/mol. The molecule has 1 aliphatic heterocycles. The summed E-state index contributed by atoms with van der Waals surface area (Å²) in [6.07, 6.45) is 4.27. The summed E-state index contributed by atoms with van der Waals surface area (Å²) < 4.78 is 15.6. The number of para-hydroxylation sites is 1. The summed E-state index contributed by atoms with van der Waals surface area (Å²) >= 11 is 0. The molecule has 27 heavy (non-hydrogen) atoms. The summed E-state index contributed by atoms with van der Waals surface area (Å²) in [5.74, 6) is 0.112. The average molecular weight is 371 g/mol. The maximum absolute atomic E-state index is 12.0. The molecule has 0 bridgehead atoms. The van der Waals surface area contributed by atoms with E-state index in [1.165, 1.54) is 7.11 Å². The molecule has 0 saturated carbocycles. The molecular weight excluding hydrogens is 350 g/mol. The Morgan fingerprint density at radius 3 is 2.96 bits per heavy atom. The van der Waals surface area contributed by atoms with Gasteiger partial charge < -0.3 is 24.6 Å². The zero-order valence-electron chi connectivity index (χ0n) is 15.2. The van der Waals surface area contributed by atoms with Crippen molar-refractivity contribution in [3.05, 3.63) is 47.4 Å². The predicted molar refractivity (Wildman–Crippen MR) is 99.0 cm³/mol. The highest BCUT2D eigenvalue weighted by Crippen LogP contribution is 2.37. The molecule has 0 fully saturated rings. The quantitative estimate of drug-likeness (QED) is 0.590. The van der Waals surface area contributed by atoms with Crippen LogP contribution in [0.3, 0.4) is 0 Å². The number of methoxy groups -OCH3 is 1. The number of aliphatic hydroxyl groups is 1. The van der Waals surface area contributed by atoms with Crippen LogP contribution in [0, 0.1) is 6.92 Å². The van der Waals surface area contributed by atoms with E-state index in [4.69, 9.17) is 14.2 Å². The summed E-state index contributed by atoms with van der Waals surface area (Å²) in [6, 6.07) is 5.55. The van der Waals surface area contributed by atoms with Crippen molar-refractivity contribution in [1.82, 2.24) is 9.97 Å². The van der Waals surface area contributed by atoms with Crippen LogP contribution in [0.2, 0.25) is 0 Å². The van der Waals surface area contributed by atoms with Gasteiger partial charge in [-0.25, -0.2) is 14.8 Å². The Balaban J connectivity index is 2.03. The van der Waals surface area contributed by atoms with Gasteiger partial charge in [-0.3, -0.25) is 0 Å². The lowest BCUT2D eigenvalue weighted by Crippen LogP contribution is -2.12. The van der Waals surface area contributed by atoms with Gasteiger partial charge in [-0.05, 0) is 25.0 Å². The Hall–Kier alpha value is -2.97. The molecule has 3 rings (SSSR count). The molecule has 8 nitrogen and oxygen atoms in total. The summed E-state index contributed by atoms with van der Waals surface area (Å²) in [4.78, 5) is 20.5. The van der Waals surface area contributed by atoms with Crippen molar-refractivity contribution in [2.75, 3.05) is 32.4 Å². The fourth-order valence-electron chi connectivity index (χ4n) is 2.82. The molecular formula is C19H21N3O5. The van der Waals surface area contributed by atoms with Crippen molar-refractivity contribution < 1.29 is 24.1 Å². The number of hydrogen-bond donors (Lipinski definition) is 2. The molecule has 8 heteroatoms. The molecule has 1 aromatic heterocycles. The van der Waals surface area contributed by atoms with Gasteiger partial charge >= 0.3 is 5.97 Å². The van der Waals surface area contributed by atoms with Crippen molar-refractivity contribution >= 4 is 23.0 Å². The van der Waals surface area contributed by atoms with Crippen LogP contribution in [0.5, 0.6) is 5.75 Å². The topological polar surface area (TPSA) is 103 Å². The second kappa shape index (κ2) is 8.61. The third-order valence-corrected chi connectivity index (χ3v) is 4.06. The summed E-state index contributed by atoms with van der Waals surface area (Å²) in [5, 5.41) is 12.4. The molecule has 0 unspecified atom stereocenters. The number of aryl methyl sites for hydroxylation is 1. The van der Waals surface area contributed by atoms with Crippen LogP contribution in [0.4, 0.5) is 11.5 Å². The average Bonchev–Trinajstić information content (AvgIpc) is 2.70. The van der Waals surface area contributed by atoms with Gasteiger partial charge in [0.05, 0.1) is 37.9 Å². The first-order valence-electron chi connectivity index (χ1n) is 8.47. The zero-order chi connectivity index (χ0) is 19.2. The molecule has 2 aromatic rings. The lowest BCUT2D eigenvalue weighted by atomic mass is 9.99. The Kier molecular flexibility index (Phi) is 6.00. The van der Waals surface area contributed by atoms with Gasteiger partial charge in [-0.2, -0.15) is 0 Å². The van der Waals surface area contributed by atoms with E-state index in [2.05, 4.69) is 15.3 Å². The molecule has 0 radical (unpaired) electrons. The first-order chi connectivity index (χ1) is 13.1. The molecule has 1 aliphatic rings. The van der Waals surface area contributed by atoms with Gasteiger partial charge in [-0.1, -0.05) is 18.2 Å². The summed E-state index contributed by atoms with van der Waals surface area (Å²) in [7, 11) is 1.29. The Morgan fingerprint density at radius 1 is 1.41 bits per heavy atom. The molecule has 2 heterocycles. The van der Waals surface area contributed by atoms with Crippen molar-refractivity contribution in [3.63, 3.8) is 0 Å². The highest BCUT2D eigenvalue weighted by atomic mass is 16.6. The highest BCUT2D eigenvalue weighted by molar-refractivity contribution is 5.93. The van der Waals surface area contributed by atoms with Crippen molar-refractivity contribution in [2.45, 2.75) is 13.3 Å². The smallest absolute Gasteiger partial charge is 0.360 e. The number of benzene rings is 1. The number of carbonyl (C=O) groups excluding carboxylic acids is 1. The Morgan fingerprint density at radius 2 is 2.26 bits per heavy atom. The third kappa shape index (κ3) is 4.24. The number of hydrogen-bond acceptors (Lipinski definition) is 8. The minimum absolute atomic E-state index is 0.0723. The van der Waals surface area contributed by atoms with E-state index in [1.54, 1.807) is 19.2 Å². The lowest BCUT2D eigenvalue weighted by Gasteiger charge is -2.20. The number of aliphatic hydroxyl groups excluding tert-OH is 1. The van der Waals surface area contributed by atoms with E-state index >= 15 is 0 Å². The van der Waals surface area contributed by atoms with E-state index in [0.717, 1.165) is 17.6 Å². The largest absolute Gasteiger partial charge is 0.465 e. The summed E-state index contributed by atoms with van der Waals surface area (Å²) in [5.41, 5.74) is 3.13. The zero-order valence-corrected chi connectivity index (χ0v) is 15.2. The number of carbonyl (C=O) groups is 1. The van der Waals surface area contributed by atoms with Crippen LogP contribution in [-0.2, 0) is 9.47 Å². The standard InChI is InChI=1S/C19H21N3O5/c1-12-10-20-18(16(21-12)19(24)25-2)22-15-5-3-4-14(17(15)27-11-23)13-6-8-26-9-7-13/h3-6,10,23H,7-9,11H2,1-2H3,(H,20,22). The number of nitrogens with zero attached hydrogens (tertiary/aromatic N) is 2. The van der Waals surface area contributed by atoms with Crippen molar-refractivity contribution in [3.8, 4) is 5.75 Å². The maximum Gasteiger partial charge on any atom is 0.360 e. The van der Waals surface area contributed by atoms with Gasteiger partial charge in [0.15, 0.2) is 24.1 Å². The van der Waals surface area contributed by atoms with Crippen LogP contribution in [0.1, 0.15) is 28.2 Å². The Bertz CT molecular complexity index is 866. The van der Waals surface area contributed by atoms with Crippen LogP contribution in [0.25, 0.3) is 5.57 Å². The third-order valence-electron chi connectivity index (χ3n) is 4.06. The molecule has 1 aromatic carbocycles. The number of rotatable bonds is 6. The van der Waals surface area contributed by atoms with E-state index < -0.39 is 12.8 Å². The minimum Gasteiger partial charge on any atom is -0.465 e. The molecule has 2 N–H and O–H groups in total. The second-order valence-electron chi connectivity index (χ2n) is 5.84. The minimum atomic E-state index is -0.596. The van der Waals surface area contributed by atoms with Gasteiger partial charge in [0.25, 0.3) is 0 Å². The van der Waals surface area contributed by atoms with Crippen molar-refractivity contribution in [2.24, 2.45) is 0 Å². The van der Waals surface area contributed by atoms with Crippen LogP contribution in [0.15, 0.2) is 30.5 Å². The van der Waals surface area contributed by atoms with Gasteiger partial charge in [0.2, 0.25) is 0 Å². The molecule has 0 spiro atoms. The fourth-order valence-corrected chi connectivity index (χ4v) is 2.82. The number of aromatic nitrogens is 2. The molecule has 0 atom stereocenters. The molecule has 0 amide bonds. The van der Waals surface area contributed by atoms with Crippen LogP contribution in [-0.4, -0.2) is 48.2 Å². The molecule has 0 aliphatic carbocycles. The number of anilines is 2. The van der Waals surface area contributed by atoms with Gasteiger partial charge in [-0.15, -0.1) is 0 Å². The maximum atomic E-state index is 12.0. The second-order valence-corrected chi connectivity index (χ2v) is 5.84. The van der Waals surface area contributed by atoms with Crippen LogP contribution < -0.4 is 10.1 Å². The molecule has 142 valence electrons. The van der Waals surface area contributed by atoms with Gasteiger partial charge in [0, 0.05) is 5.56 Å².